The number of aryl methyl sites for hydroxylation is 1. The average Bonchev–Trinajstić information content (AvgIpc) is 2.61. The highest BCUT2D eigenvalue weighted by molar-refractivity contribution is 5.71. The molecule has 0 saturated heterocycles. The molecule has 0 aromatic carbocycles. The van der Waals surface area contributed by atoms with Gasteiger partial charge >= 0.3 is 0 Å². The number of hydrogen-bond donors (Lipinski definition) is 0. The van der Waals surface area contributed by atoms with E-state index in [2.05, 4.69) is 85.4 Å². The second kappa shape index (κ2) is 11.3. The minimum absolute atomic E-state index is 0.347. The van der Waals surface area contributed by atoms with Gasteiger partial charge in [0.2, 0.25) is 0 Å². The molecule has 0 aliphatic rings. The SMILES string of the molecule is C=c1c(CCC)nc(C(/C=C\CC(CC)C(C)(C)C)=C/C)c/c1=C\CCC. The highest BCUT2D eigenvalue weighted by atomic mass is 14.7. The number of unbranched alkanes of at least 4 members (excludes halogenated alkanes) is 1. The second-order valence-electron chi connectivity index (χ2n) is 8.62. The first kappa shape index (κ1) is 23.4. The fourth-order valence-electron chi connectivity index (χ4n) is 3.54. The van der Waals surface area contributed by atoms with Crippen LogP contribution in [0.2, 0.25) is 0 Å². The predicted molar refractivity (Wildman–Crippen MR) is 123 cm³/mol. The van der Waals surface area contributed by atoms with Crippen molar-refractivity contribution in [1.29, 1.82) is 0 Å². The van der Waals surface area contributed by atoms with Gasteiger partial charge in [0.15, 0.2) is 0 Å². The van der Waals surface area contributed by atoms with Crippen molar-refractivity contribution in [2.75, 3.05) is 0 Å². The molecule has 0 radical (unpaired) electrons. The third-order valence-corrected chi connectivity index (χ3v) is 5.43. The molecule has 0 N–H and O–H groups in total. The summed E-state index contributed by atoms with van der Waals surface area (Å²) in [7, 11) is 0. The maximum absolute atomic E-state index is 4.97. The highest BCUT2D eigenvalue weighted by Gasteiger charge is 2.21. The van der Waals surface area contributed by atoms with Crippen molar-refractivity contribution in [3.63, 3.8) is 0 Å². The molecule has 1 heteroatoms. The summed E-state index contributed by atoms with van der Waals surface area (Å²) in [4.78, 5) is 4.97. The van der Waals surface area contributed by atoms with E-state index in [1.807, 2.05) is 0 Å². The molecule has 0 aliphatic carbocycles. The Hall–Kier alpha value is -1.63. The normalized spacial score (nSPS) is 14.9. The van der Waals surface area contributed by atoms with Crippen molar-refractivity contribution in [3.8, 4) is 0 Å². The van der Waals surface area contributed by atoms with Gasteiger partial charge in [0, 0.05) is 5.69 Å². The number of aromatic nitrogens is 1. The van der Waals surface area contributed by atoms with Crippen LogP contribution < -0.4 is 10.4 Å². The maximum Gasteiger partial charge on any atom is 0.0708 e. The molecule has 1 rings (SSSR count). The molecule has 27 heavy (non-hydrogen) atoms. The van der Waals surface area contributed by atoms with Crippen molar-refractivity contribution >= 4 is 18.2 Å². The minimum atomic E-state index is 0.347. The van der Waals surface area contributed by atoms with Gasteiger partial charge in [-0.3, -0.25) is 4.98 Å². The Bertz CT molecular complexity index is 744. The van der Waals surface area contributed by atoms with E-state index >= 15 is 0 Å². The number of allylic oxidation sites excluding steroid dienone is 4. The quantitative estimate of drug-likeness (QED) is 0.457. The zero-order valence-electron chi connectivity index (χ0n) is 18.9. The molecule has 150 valence electrons. The van der Waals surface area contributed by atoms with Gasteiger partial charge in [0.05, 0.1) is 5.69 Å². The summed E-state index contributed by atoms with van der Waals surface area (Å²) in [5.41, 5.74) is 3.78. The maximum atomic E-state index is 4.97. The molecule has 0 amide bonds. The summed E-state index contributed by atoms with van der Waals surface area (Å²) in [6.45, 7) is 20.2. The Morgan fingerprint density at radius 1 is 1.19 bits per heavy atom. The summed E-state index contributed by atoms with van der Waals surface area (Å²) in [6, 6.07) is 2.22. The van der Waals surface area contributed by atoms with E-state index in [4.69, 9.17) is 4.98 Å². The monoisotopic (exact) mass is 367 g/mol. The van der Waals surface area contributed by atoms with E-state index in [0.29, 0.717) is 11.3 Å². The van der Waals surface area contributed by atoms with Gasteiger partial charge in [0.1, 0.15) is 0 Å². The van der Waals surface area contributed by atoms with E-state index in [9.17, 15) is 0 Å². The van der Waals surface area contributed by atoms with Crippen LogP contribution in [0.25, 0.3) is 18.2 Å². The first-order valence-electron chi connectivity index (χ1n) is 10.8. The smallest absolute Gasteiger partial charge is 0.0708 e. The van der Waals surface area contributed by atoms with Crippen LogP contribution >= 0.6 is 0 Å². The standard InChI is InChI=1S/C26H41N/c1-9-13-16-22-19-25(27-24(15-10-2)20(22)5)21(11-3)17-14-18-23(12-4)26(6,7)8/h11,14,16-17,19,23H,5,9-10,12-13,15,18H2,1-4,6-8H3/b17-14-,21-11+,22-16+. The van der Waals surface area contributed by atoms with E-state index < -0.39 is 0 Å². The molecule has 0 bridgehead atoms. The van der Waals surface area contributed by atoms with Crippen LogP contribution in [0, 0.1) is 11.3 Å². The van der Waals surface area contributed by atoms with Crippen LogP contribution in [0.1, 0.15) is 92.0 Å². The Labute approximate surface area is 168 Å². The molecular formula is C26H41N. The summed E-state index contributed by atoms with van der Waals surface area (Å²) in [6.07, 6.45) is 15.7. The number of pyridine rings is 1. The predicted octanol–water partition coefficient (Wildman–Crippen LogP) is 6.45. The van der Waals surface area contributed by atoms with Crippen molar-refractivity contribution in [2.24, 2.45) is 11.3 Å². The number of hydrogen-bond acceptors (Lipinski definition) is 1. The lowest BCUT2D eigenvalue weighted by molar-refractivity contribution is 0.235. The summed E-state index contributed by atoms with van der Waals surface area (Å²) in [5, 5.41) is 2.35. The molecular weight excluding hydrogens is 326 g/mol. The highest BCUT2D eigenvalue weighted by Crippen LogP contribution is 2.31. The zero-order chi connectivity index (χ0) is 20.4. The van der Waals surface area contributed by atoms with Crippen LogP contribution in [0.15, 0.2) is 24.3 Å². The fraction of sp³-hybridized carbons (Fsp3) is 0.577. The second-order valence-corrected chi connectivity index (χ2v) is 8.62. The molecule has 1 unspecified atom stereocenters. The third kappa shape index (κ3) is 7.13. The van der Waals surface area contributed by atoms with Gasteiger partial charge in [-0.15, -0.1) is 0 Å². The molecule has 1 aromatic rings. The van der Waals surface area contributed by atoms with E-state index in [-0.39, 0.29) is 0 Å². The molecule has 0 spiro atoms. The molecule has 1 atom stereocenters. The van der Waals surface area contributed by atoms with Crippen LogP contribution in [0.5, 0.6) is 0 Å². The Morgan fingerprint density at radius 2 is 1.89 bits per heavy atom. The van der Waals surface area contributed by atoms with Crippen molar-refractivity contribution in [2.45, 2.75) is 87.0 Å². The third-order valence-electron chi connectivity index (χ3n) is 5.43. The summed E-state index contributed by atoms with van der Waals surface area (Å²) in [5.74, 6) is 0.700. The molecule has 0 fully saturated rings. The lowest BCUT2D eigenvalue weighted by Crippen LogP contribution is -2.29. The lowest BCUT2D eigenvalue weighted by atomic mass is 9.77. The van der Waals surface area contributed by atoms with E-state index in [1.54, 1.807) is 0 Å². The number of nitrogens with zero attached hydrogens (tertiary/aromatic N) is 1. The average molecular weight is 368 g/mol. The fourth-order valence-corrected chi connectivity index (χ4v) is 3.54. The van der Waals surface area contributed by atoms with Gasteiger partial charge < -0.3 is 0 Å². The topological polar surface area (TPSA) is 12.9 Å². The van der Waals surface area contributed by atoms with Gasteiger partial charge in [-0.25, -0.2) is 0 Å². The molecule has 1 aromatic heterocycles. The van der Waals surface area contributed by atoms with Gasteiger partial charge in [-0.05, 0) is 59.6 Å². The van der Waals surface area contributed by atoms with E-state index in [1.165, 1.54) is 17.2 Å². The Kier molecular flexibility index (Phi) is 9.77. The molecule has 0 saturated carbocycles. The van der Waals surface area contributed by atoms with Gasteiger partial charge in [-0.1, -0.05) is 91.7 Å². The molecule has 1 heterocycles. The Balaban J connectivity index is 3.22. The van der Waals surface area contributed by atoms with Crippen molar-refractivity contribution in [3.05, 3.63) is 46.1 Å². The summed E-state index contributed by atoms with van der Waals surface area (Å²) < 4.78 is 0. The Morgan fingerprint density at radius 3 is 2.41 bits per heavy atom. The molecule has 1 nitrogen and oxygen atoms in total. The van der Waals surface area contributed by atoms with Crippen LogP contribution in [0.3, 0.4) is 0 Å². The van der Waals surface area contributed by atoms with Crippen LogP contribution in [0.4, 0.5) is 0 Å². The largest absolute Gasteiger partial charge is 0.252 e. The first-order valence-corrected chi connectivity index (χ1v) is 10.8. The number of rotatable bonds is 9. The van der Waals surface area contributed by atoms with Crippen molar-refractivity contribution in [1.82, 2.24) is 4.98 Å². The lowest BCUT2D eigenvalue weighted by Gasteiger charge is -2.28. The summed E-state index contributed by atoms with van der Waals surface area (Å²) >= 11 is 0. The zero-order valence-corrected chi connectivity index (χ0v) is 18.9. The van der Waals surface area contributed by atoms with Crippen LogP contribution in [-0.2, 0) is 6.42 Å². The minimum Gasteiger partial charge on any atom is -0.252 e. The molecule has 0 aliphatic heterocycles. The van der Waals surface area contributed by atoms with Gasteiger partial charge in [-0.2, -0.15) is 0 Å². The van der Waals surface area contributed by atoms with Crippen molar-refractivity contribution < 1.29 is 0 Å². The van der Waals surface area contributed by atoms with E-state index in [0.717, 1.165) is 48.7 Å². The van der Waals surface area contributed by atoms with Gasteiger partial charge in [0.25, 0.3) is 0 Å². The first-order chi connectivity index (χ1) is 12.8. The van der Waals surface area contributed by atoms with Crippen LogP contribution in [-0.4, -0.2) is 4.98 Å².